The molecular formula is C14H23N3O3S. The van der Waals surface area contributed by atoms with Crippen LogP contribution in [0.15, 0.2) is 5.38 Å². The van der Waals surface area contributed by atoms with Crippen molar-refractivity contribution in [2.24, 2.45) is 17.1 Å². The van der Waals surface area contributed by atoms with E-state index in [0.29, 0.717) is 25.1 Å². The van der Waals surface area contributed by atoms with Crippen molar-refractivity contribution in [3.8, 4) is 0 Å². The highest BCUT2D eigenvalue weighted by Gasteiger charge is 2.25. The van der Waals surface area contributed by atoms with E-state index < -0.39 is 11.9 Å². The second-order valence-corrected chi connectivity index (χ2v) is 7.12. The molecule has 118 valence electrons. The lowest BCUT2D eigenvalue weighted by atomic mass is 9.84. The summed E-state index contributed by atoms with van der Waals surface area (Å²) in [4.78, 5) is 27.4. The van der Waals surface area contributed by atoms with Crippen molar-refractivity contribution in [2.75, 3.05) is 13.1 Å². The maximum Gasteiger partial charge on any atom is 0.308 e. The van der Waals surface area contributed by atoms with Gasteiger partial charge in [-0.3, -0.25) is 9.59 Å². The van der Waals surface area contributed by atoms with E-state index in [0.717, 1.165) is 5.01 Å². The smallest absolute Gasteiger partial charge is 0.308 e. The fourth-order valence-corrected chi connectivity index (χ4v) is 2.74. The molecule has 1 rings (SSSR count). The topological polar surface area (TPSA) is 105 Å². The van der Waals surface area contributed by atoms with Gasteiger partial charge in [0, 0.05) is 18.3 Å². The fraction of sp³-hybridized carbons (Fsp3) is 0.643. The van der Waals surface area contributed by atoms with Gasteiger partial charge in [0.2, 0.25) is 0 Å². The van der Waals surface area contributed by atoms with Gasteiger partial charge in [-0.2, -0.15) is 0 Å². The van der Waals surface area contributed by atoms with Crippen LogP contribution < -0.4 is 11.1 Å². The standard InChI is InChI=1S/C14H23N3O3S/c1-14(2,3)6-9(13(19)20)7-16-12(18)10-8-21-11(17-10)4-5-15/h8-9H,4-7,15H2,1-3H3,(H,16,18)(H,19,20). The number of aromatic nitrogens is 1. The number of nitrogens with two attached hydrogens (primary N) is 1. The Labute approximate surface area is 128 Å². The Hall–Kier alpha value is -1.47. The van der Waals surface area contributed by atoms with Crippen LogP contribution in [0.2, 0.25) is 0 Å². The van der Waals surface area contributed by atoms with Crippen LogP contribution in [0.3, 0.4) is 0 Å². The van der Waals surface area contributed by atoms with Gasteiger partial charge in [0.15, 0.2) is 0 Å². The van der Waals surface area contributed by atoms with E-state index >= 15 is 0 Å². The zero-order valence-electron chi connectivity index (χ0n) is 12.7. The van der Waals surface area contributed by atoms with Crippen LogP contribution in [0.5, 0.6) is 0 Å². The van der Waals surface area contributed by atoms with Crippen LogP contribution in [0.4, 0.5) is 0 Å². The lowest BCUT2D eigenvalue weighted by Crippen LogP contribution is -2.35. The molecule has 1 atom stereocenters. The molecule has 1 heterocycles. The summed E-state index contributed by atoms with van der Waals surface area (Å²) in [5, 5.41) is 14.3. The van der Waals surface area contributed by atoms with Crippen LogP contribution in [0, 0.1) is 11.3 Å². The largest absolute Gasteiger partial charge is 0.481 e. The van der Waals surface area contributed by atoms with E-state index in [9.17, 15) is 14.7 Å². The molecule has 1 aromatic heterocycles. The Balaban J connectivity index is 2.58. The molecule has 1 aromatic rings. The molecule has 0 aliphatic carbocycles. The molecule has 0 bridgehead atoms. The minimum Gasteiger partial charge on any atom is -0.481 e. The molecule has 0 aromatic carbocycles. The van der Waals surface area contributed by atoms with Crippen molar-refractivity contribution < 1.29 is 14.7 Å². The van der Waals surface area contributed by atoms with E-state index in [1.807, 2.05) is 20.8 Å². The minimum atomic E-state index is -0.896. The number of carboxylic acids is 1. The minimum absolute atomic E-state index is 0.106. The molecule has 4 N–H and O–H groups in total. The molecule has 1 amide bonds. The lowest BCUT2D eigenvalue weighted by Gasteiger charge is -2.23. The summed E-state index contributed by atoms with van der Waals surface area (Å²) in [6.07, 6.45) is 1.14. The molecular weight excluding hydrogens is 290 g/mol. The second-order valence-electron chi connectivity index (χ2n) is 6.18. The van der Waals surface area contributed by atoms with Crippen LogP contribution >= 0.6 is 11.3 Å². The summed E-state index contributed by atoms with van der Waals surface area (Å²) in [6.45, 7) is 6.52. The third kappa shape index (κ3) is 6.22. The van der Waals surface area contributed by atoms with E-state index in [1.165, 1.54) is 11.3 Å². The Kier molecular flexibility index (Phi) is 6.29. The number of hydrogen-bond acceptors (Lipinski definition) is 5. The van der Waals surface area contributed by atoms with Gasteiger partial charge in [0.05, 0.1) is 10.9 Å². The number of nitrogens with one attached hydrogen (secondary N) is 1. The number of carbonyl (C=O) groups is 2. The summed E-state index contributed by atoms with van der Waals surface area (Å²) in [5.41, 5.74) is 5.65. The first-order valence-corrected chi connectivity index (χ1v) is 7.76. The molecule has 0 spiro atoms. The molecule has 0 saturated carbocycles. The van der Waals surface area contributed by atoms with Gasteiger partial charge >= 0.3 is 5.97 Å². The van der Waals surface area contributed by atoms with Crippen molar-refractivity contribution in [1.29, 1.82) is 0 Å². The first-order valence-electron chi connectivity index (χ1n) is 6.88. The number of hydrogen-bond donors (Lipinski definition) is 3. The van der Waals surface area contributed by atoms with Gasteiger partial charge in [-0.05, 0) is 18.4 Å². The highest BCUT2D eigenvalue weighted by atomic mass is 32.1. The van der Waals surface area contributed by atoms with Crippen molar-refractivity contribution >= 4 is 23.2 Å². The molecule has 0 aliphatic heterocycles. The van der Waals surface area contributed by atoms with Crippen molar-refractivity contribution in [1.82, 2.24) is 10.3 Å². The quantitative estimate of drug-likeness (QED) is 0.707. The first kappa shape index (κ1) is 17.6. The Morgan fingerprint density at radius 1 is 1.48 bits per heavy atom. The summed E-state index contributed by atoms with van der Waals surface area (Å²) in [6, 6.07) is 0. The zero-order valence-corrected chi connectivity index (χ0v) is 13.5. The van der Waals surface area contributed by atoms with Crippen molar-refractivity contribution in [2.45, 2.75) is 33.6 Å². The predicted octanol–water partition coefficient (Wildman–Crippen LogP) is 1.51. The third-order valence-electron chi connectivity index (χ3n) is 2.86. The average molecular weight is 313 g/mol. The number of amides is 1. The number of rotatable bonds is 7. The fourth-order valence-electron chi connectivity index (χ4n) is 1.95. The summed E-state index contributed by atoms with van der Waals surface area (Å²) >= 11 is 1.38. The number of nitrogens with zero attached hydrogens (tertiary/aromatic N) is 1. The highest BCUT2D eigenvalue weighted by Crippen LogP contribution is 2.24. The highest BCUT2D eigenvalue weighted by molar-refractivity contribution is 7.09. The van der Waals surface area contributed by atoms with Gasteiger partial charge in [0.1, 0.15) is 5.69 Å². The van der Waals surface area contributed by atoms with Crippen LogP contribution in [-0.4, -0.2) is 35.1 Å². The van der Waals surface area contributed by atoms with Gasteiger partial charge in [-0.1, -0.05) is 20.8 Å². The molecule has 21 heavy (non-hydrogen) atoms. The number of carbonyl (C=O) groups excluding carboxylic acids is 1. The van der Waals surface area contributed by atoms with Crippen LogP contribution in [0.1, 0.15) is 42.7 Å². The maximum atomic E-state index is 12.0. The molecule has 0 radical (unpaired) electrons. The van der Waals surface area contributed by atoms with Gasteiger partial charge in [-0.15, -0.1) is 11.3 Å². The second kappa shape index (κ2) is 7.51. The Morgan fingerprint density at radius 3 is 2.67 bits per heavy atom. The third-order valence-corrected chi connectivity index (χ3v) is 3.77. The van der Waals surface area contributed by atoms with E-state index in [-0.39, 0.29) is 17.9 Å². The Bertz CT molecular complexity index is 494. The number of carboxylic acid groups (broad SMARTS) is 1. The first-order chi connectivity index (χ1) is 9.73. The monoisotopic (exact) mass is 313 g/mol. The average Bonchev–Trinajstić information content (AvgIpc) is 2.81. The number of thiazole rings is 1. The van der Waals surface area contributed by atoms with Crippen molar-refractivity contribution in [3.05, 3.63) is 16.1 Å². The summed E-state index contributed by atoms with van der Waals surface area (Å²) in [7, 11) is 0. The molecule has 6 nitrogen and oxygen atoms in total. The van der Waals surface area contributed by atoms with Gasteiger partial charge in [0.25, 0.3) is 5.91 Å². The zero-order chi connectivity index (χ0) is 16.0. The Morgan fingerprint density at radius 2 is 2.14 bits per heavy atom. The van der Waals surface area contributed by atoms with Crippen LogP contribution in [0.25, 0.3) is 0 Å². The maximum absolute atomic E-state index is 12.0. The molecule has 0 aliphatic rings. The normalized spacial score (nSPS) is 13.0. The lowest BCUT2D eigenvalue weighted by molar-refractivity contribution is -0.142. The van der Waals surface area contributed by atoms with Crippen LogP contribution in [-0.2, 0) is 11.2 Å². The van der Waals surface area contributed by atoms with E-state index in [2.05, 4.69) is 10.3 Å². The number of aliphatic carboxylic acids is 1. The molecule has 1 unspecified atom stereocenters. The summed E-state index contributed by atoms with van der Waals surface area (Å²) < 4.78 is 0. The molecule has 7 heteroatoms. The summed E-state index contributed by atoms with van der Waals surface area (Å²) in [5.74, 6) is -1.84. The van der Waals surface area contributed by atoms with E-state index in [1.54, 1.807) is 5.38 Å². The predicted molar refractivity (Wildman–Crippen MR) is 82.4 cm³/mol. The molecule has 0 saturated heterocycles. The SMILES string of the molecule is CC(C)(C)CC(CNC(=O)c1csc(CCN)n1)C(=O)O. The van der Waals surface area contributed by atoms with Crippen molar-refractivity contribution in [3.63, 3.8) is 0 Å². The molecule has 0 fully saturated rings. The van der Waals surface area contributed by atoms with E-state index in [4.69, 9.17) is 5.73 Å². The van der Waals surface area contributed by atoms with Gasteiger partial charge in [-0.25, -0.2) is 4.98 Å². The van der Waals surface area contributed by atoms with Gasteiger partial charge < -0.3 is 16.2 Å².